The first-order valence-corrected chi connectivity index (χ1v) is 5.92. The fourth-order valence-corrected chi connectivity index (χ4v) is 1.66. The largest absolute Gasteiger partial charge is 0.366 e. The molecule has 4 heteroatoms. The van der Waals surface area contributed by atoms with Gasteiger partial charge in [-0.15, -0.1) is 0 Å². The van der Waals surface area contributed by atoms with Crippen LogP contribution in [-0.4, -0.2) is 4.98 Å². The molecule has 0 atom stereocenters. The lowest BCUT2D eigenvalue weighted by Gasteiger charge is -2.05. The first-order valence-electron chi connectivity index (χ1n) is 5.12. The summed E-state index contributed by atoms with van der Waals surface area (Å²) in [5.41, 5.74) is 1.74. The lowest BCUT2D eigenvalue weighted by atomic mass is 10.1. The average molecular weight is 288 g/mol. The van der Waals surface area contributed by atoms with E-state index < -0.39 is 0 Å². The zero-order valence-electron chi connectivity index (χ0n) is 9.02. The Morgan fingerprint density at radius 1 is 1.29 bits per heavy atom. The SMILES string of the molecule is N#Cc1cccc(CNc2ccc(Br)cn2)c1. The molecular formula is C13H10BrN3. The van der Waals surface area contributed by atoms with Crippen molar-refractivity contribution in [1.82, 2.24) is 4.98 Å². The number of halogens is 1. The van der Waals surface area contributed by atoms with Gasteiger partial charge in [-0.1, -0.05) is 12.1 Å². The molecule has 0 aliphatic carbocycles. The highest BCUT2D eigenvalue weighted by molar-refractivity contribution is 9.10. The first kappa shape index (κ1) is 11.6. The number of hydrogen-bond acceptors (Lipinski definition) is 3. The standard InChI is InChI=1S/C13H10BrN3/c14-12-4-5-13(17-9-12)16-8-11-3-1-2-10(6-11)7-15/h1-6,9H,8H2,(H,16,17). The number of aromatic nitrogens is 1. The molecule has 2 rings (SSSR count). The second-order valence-electron chi connectivity index (χ2n) is 3.53. The van der Waals surface area contributed by atoms with Gasteiger partial charge in [-0.25, -0.2) is 4.98 Å². The van der Waals surface area contributed by atoms with Crippen molar-refractivity contribution >= 4 is 21.7 Å². The van der Waals surface area contributed by atoms with Gasteiger partial charge in [0.05, 0.1) is 11.6 Å². The molecule has 0 radical (unpaired) electrons. The van der Waals surface area contributed by atoms with Gasteiger partial charge in [-0.2, -0.15) is 5.26 Å². The van der Waals surface area contributed by atoms with E-state index in [-0.39, 0.29) is 0 Å². The quantitative estimate of drug-likeness (QED) is 0.942. The van der Waals surface area contributed by atoms with Crippen molar-refractivity contribution in [2.45, 2.75) is 6.54 Å². The predicted octanol–water partition coefficient (Wildman–Crippen LogP) is 3.33. The van der Waals surface area contributed by atoms with Crippen molar-refractivity contribution in [3.63, 3.8) is 0 Å². The van der Waals surface area contributed by atoms with Crippen molar-refractivity contribution in [3.8, 4) is 6.07 Å². The van der Waals surface area contributed by atoms with Crippen LogP contribution in [-0.2, 0) is 6.54 Å². The summed E-state index contributed by atoms with van der Waals surface area (Å²) in [5.74, 6) is 0.815. The number of nitriles is 1. The molecule has 0 saturated carbocycles. The molecule has 0 aliphatic rings. The van der Waals surface area contributed by atoms with Crippen LogP contribution in [0.15, 0.2) is 47.1 Å². The van der Waals surface area contributed by atoms with E-state index in [0.29, 0.717) is 12.1 Å². The van der Waals surface area contributed by atoms with Gasteiger partial charge in [-0.05, 0) is 45.8 Å². The van der Waals surface area contributed by atoms with Crippen LogP contribution < -0.4 is 5.32 Å². The molecule has 0 aliphatic heterocycles. The van der Waals surface area contributed by atoms with E-state index in [0.717, 1.165) is 15.9 Å². The summed E-state index contributed by atoms with van der Waals surface area (Å²) in [4.78, 5) is 4.21. The smallest absolute Gasteiger partial charge is 0.126 e. The summed E-state index contributed by atoms with van der Waals surface area (Å²) in [7, 11) is 0. The summed E-state index contributed by atoms with van der Waals surface area (Å²) in [6.45, 7) is 0.657. The summed E-state index contributed by atoms with van der Waals surface area (Å²) in [6.07, 6.45) is 1.74. The number of hydrogen-bond donors (Lipinski definition) is 1. The fourth-order valence-electron chi connectivity index (χ4n) is 1.42. The summed E-state index contributed by atoms with van der Waals surface area (Å²) >= 11 is 3.33. The van der Waals surface area contributed by atoms with Gasteiger partial charge in [0.1, 0.15) is 5.82 Å². The Balaban J connectivity index is 2.02. The lowest BCUT2D eigenvalue weighted by Crippen LogP contribution is -2.01. The van der Waals surface area contributed by atoms with Crippen molar-refractivity contribution in [1.29, 1.82) is 5.26 Å². The number of nitrogens with zero attached hydrogens (tertiary/aromatic N) is 2. The minimum Gasteiger partial charge on any atom is -0.366 e. The van der Waals surface area contributed by atoms with Gasteiger partial charge >= 0.3 is 0 Å². The van der Waals surface area contributed by atoms with E-state index >= 15 is 0 Å². The molecule has 3 nitrogen and oxygen atoms in total. The summed E-state index contributed by atoms with van der Waals surface area (Å²) in [6, 6.07) is 13.5. The van der Waals surface area contributed by atoms with E-state index in [9.17, 15) is 0 Å². The minimum absolute atomic E-state index is 0.657. The zero-order chi connectivity index (χ0) is 12.1. The monoisotopic (exact) mass is 287 g/mol. The number of pyridine rings is 1. The van der Waals surface area contributed by atoms with Crippen LogP contribution in [0.25, 0.3) is 0 Å². The molecule has 0 bridgehead atoms. The Morgan fingerprint density at radius 3 is 2.88 bits per heavy atom. The molecule has 2 aromatic rings. The molecule has 0 spiro atoms. The van der Waals surface area contributed by atoms with Crippen LogP contribution in [0.4, 0.5) is 5.82 Å². The third-order valence-electron chi connectivity index (χ3n) is 2.26. The number of anilines is 1. The Kier molecular flexibility index (Phi) is 3.73. The third-order valence-corrected chi connectivity index (χ3v) is 2.73. The zero-order valence-corrected chi connectivity index (χ0v) is 10.6. The van der Waals surface area contributed by atoms with E-state index in [1.807, 2.05) is 30.3 Å². The van der Waals surface area contributed by atoms with Crippen LogP contribution in [0.5, 0.6) is 0 Å². The topological polar surface area (TPSA) is 48.7 Å². The predicted molar refractivity (Wildman–Crippen MR) is 70.4 cm³/mol. The molecule has 0 fully saturated rings. The molecule has 84 valence electrons. The normalized spacial score (nSPS) is 9.65. The molecule has 17 heavy (non-hydrogen) atoms. The number of nitrogens with one attached hydrogen (secondary N) is 1. The van der Waals surface area contributed by atoms with Crippen molar-refractivity contribution in [2.75, 3.05) is 5.32 Å². The van der Waals surface area contributed by atoms with Crippen LogP contribution in [0.3, 0.4) is 0 Å². The maximum Gasteiger partial charge on any atom is 0.126 e. The molecule has 0 amide bonds. The molecular weight excluding hydrogens is 278 g/mol. The number of benzene rings is 1. The fraction of sp³-hybridized carbons (Fsp3) is 0.0769. The maximum atomic E-state index is 8.79. The molecule has 0 unspecified atom stereocenters. The Hall–Kier alpha value is -1.86. The van der Waals surface area contributed by atoms with Crippen LogP contribution in [0.1, 0.15) is 11.1 Å². The highest BCUT2D eigenvalue weighted by Crippen LogP contribution is 2.12. The van der Waals surface area contributed by atoms with Crippen LogP contribution >= 0.6 is 15.9 Å². The molecule has 1 heterocycles. The molecule has 1 aromatic heterocycles. The van der Waals surface area contributed by atoms with E-state index in [1.54, 1.807) is 12.3 Å². The van der Waals surface area contributed by atoms with Gasteiger partial charge in [0.2, 0.25) is 0 Å². The lowest BCUT2D eigenvalue weighted by molar-refractivity contribution is 1.11. The summed E-state index contributed by atoms with van der Waals surface area (Å²) < 4.78 is 0.953. The third kappa shape index (κ3) is 3.30. The Bertz CT molecular complexity index is 543. The Morgan fingerprint density at radius 2 is 2.18 bits per heavy atom. The highest BCUT2D eigenvalue weighted by Gasteiger charge is 1.97. The van der Waals surface area contributed by atoms with Gasteiger partial charge in [-0.3, -0.25) is 0 Å². The van der Waals surface area contributed by atoms with E-state index in [1.165, 1.54) is 0 Å². The van der Waals surface area contributed by atoms with Gasteiger partial charge in [0, 0.05) is 17.2 Å². The van der Waals surface area contributed by atoms with Crippen LogP contribution in [0.2, 0.25) is 0 Å². The van der Waals surface area contributed by atoms with E-state index in [4.69, 9.17) is 5.26 Å². The Labute approximate surface area is 108 Å². The van der Waals surface area contributed by atoms with E-state index in [2.05, 4.69) is 32.3 Å². The second kappa shape index (κ2) is 5.46. The van der Waals surface area contributed by atoms with Gasteiger partial charge in [0.25, 0.3) is 0 Å². The van der Waals surface area contributed by atoms with Crippen molar-refractivity contribution < 1.29 is 0 Å². The average Bonchev–Trinajstić information content (AvgIpc) is 2.38. The molecule has 0 saturated heterocycles. The number of rotatable bonds is 3. The second-order valence-corrected chi connectivity index (χ2v) is 4.44. The summed E-state index contributed by atoms with van der Waals surface area (Å²) in [5, 5.41) is 12.0. The minimum atomic E-state index is 0.657. The van der Waals surface area contributed by atoms with Crippen molar-refractivity contribution in [2.24, 2.45) is 0 Å². The van der Waals surface area contributed by atoms with Gasteiger partial charge in [0.15, 0.2) is 0 Å². The first-order chi connectivity index (χ1) is 8.28. The maximum absolute atomic E-state index is 8.79. The highest BCUT2D eigenvalue weighted by atomic mass is 79.9. The molecule has 1 aromatic carbocycles. The van der Waals surface area contributed by atoms with Crippen molar-refractivity contribution in [3.05, 3.63) is 58.2 Å². The van der Waals surface area contributed by atoms with Gasteiger partial charge < -0.3 is 5.32 Å². The van der Waals surface area contributed by atoms with Crippen LogP contribution in [0, 0.1) is 11.3 Å². The molecule has 1 N–H and O–H groups in total.